The van der Waals surface area contributed by atoms with Gasteiger partial charge >= 0.3 is 0 Å². The summed E-state index contributed by atoms with van der Waals surface area (Å²) in [5.41, 5.74) is 1.63. The summed E-state index contributed by atoms with van der Waals surface area (Å²) in [6, 6.07) is 20.7. The summed E-state index contributed by atoms with van der Waals surface area (Å²) in [4.78, 5) is 13.8. The molecule has 2 aromatic carbocycles. The fourth-order valence-corrected chi connectivity index (χ4v) is 4.59. The van der Waals surface area contributed by atoms with E-state index in [1.807, 2.05) is 60.0 Å². The highest BCUT2D eigenvalue weighted by molar-refractivity contribution is 8.02. The molecule has 0 saturated carbocycles. The van der Waals surface area contributed by atoms with Crippen LogP contribution in [-0.4, -0.2) is 13.0 Å². The maximum absolute atomic E-state index is 12.8. The van der Waals surface area contributed by atoms with E-state index in [0.29, 0.717) is 33.8 Å². The maximum Gasteiger partial charge on any atom is 0.264 e. The van der Waals surface area contributed by atoms with E-state index in [1.54, 1.807) is 24.5 Å². The Bertz CT molecular complexity index is 1110. The van der Waals surface area contributed by atoms with E-state index in [2.05, 4.69) is 16.7 Å². The van der Waals surface area contributed by atoms with Crippen molar-refractivity contribution in [3.63, 3.8) is 0 Å². The molecule has 0 fully saturated rings. The molecule has 0 saturated heterocycles. The van der Waals surface area contributed by atoms with Gasteiger partial charge in [-0.2, -0.15) is 5.26 Å². The molecule has 3 aromatic rings. The van der Waals surface area contributed by atoms with E-state index >= 15 is 0 Å². The lowest BCUT2D eigenvalue weighted by atomic mass is 10.2. The molecule has 158 valence electrons. The summed E-state index contributed by atoms with van der Waals surface area (Å²) >= 11 is 9.17. The molecule has 0 radical (unpaired) electrons. The van der Waals surface area contributed by atoms with Crippen LogP contribution >= 0.6 is 34.7 Å². The molecule has 1 heterocycles. The summed E-state index contributed by atoms with van der Waals surface area (Å²) in [6.45, 7) is 0.364. The highest BCUT2D eigenvalue weighted by Gasteiger charge is 2.17. The van der Waals surface area contributed by atoms with Gasteiger partial charge in [0, 0.05) is 27.4 Å². The van der Waals surface area contributed by atoms with Crippen molar-refractivity contribution in [3.05, 3.63) is 92.1 Å². The number of hydrogen-bond donors (Lipinski definition) is 2. The number of rotatable bonds is 9. The molecule has 8 heteroatoms. The highest BCUT2D eigenvalue weighted by Crippen LogP contribution is 2.30. The third-order valence-corrected chi connectivity index (χ3v) is 6.52. The number of methoxy groups -OCH3 is 1. The Morgan fingerprint density at radius 1 is 1.19 bits per heavy atom. The molecule has 3 rings (SSSR count). The second-order valence-electron chi connectivity index (χ2n) is 6.32. The molecule has 0 spiro atoms. The lowest BCUT2D eigenvalue weighted by molar-refractivity contribution is -0.117. The zero-order valence-electron chi connectivity index (χ0n) is 16.7. The average molecular weight is 470 g/mol. The summed E-state index contributed by atoms with van der Waals surface area (Å²) in [6.07, 6.45) is 0. The van der Waals surface area contributed by atoms with Gasteiger partial charge in [0.05, 0.1) is 18.7 Å². The number of ether oxygens (including phenoxy) is 1. The van der Waals surface area contributed by atoms with Crippen LogP contribution in [0.3, 0.4) is 0 Å². The molecule has 0 bridgehead atoms. The molecular weight excluding hydrogens is 450 g/mol. The number of carbonyl (C=O) groups excluding carboxylic acids is 1. The number of nitrogens with one attached hydrogen (secondary N) is 2. The van der Waals surface area contributed by atoms with E-state index < -0.39 is 5.91 Å². The second kappa shape index (κ2) is 11.5. The SMILES string of the molecule is COc1cccc(NC(SCc2ccccc2Cl)=C(C#N)C(=O)NCc2cccs2)c1. The quantitative estimate of drug-likeness (QED) is 0.305. The van der Waals surface area contributed by atoms with Gasteiger partial charge in [0.1, 0.15) is 17.4 Å². The van der Waals surface area contributed by atoms with E-state index in [9.17, 15) is 10.1 Å². The van der Waals surface area contributed by atoms with Crippen LogP contribution in [0.5, 0.6) is 5.75 Å². The number of nitrogens with zero attached hydrogens (tertiary/aromatic N) is 1. The van der Waals surface area contributed by atoms with Gasteiger partial charge in [-0.1, -0.05) is 41.9 Å². The molecule has 1 aromatic heterocycles. The number of thiophene rings is 1. The number of anilines is 1. The van der Waals surface area contributed by atoms with Gasteiger partial charge in [0.15, 0.2) is 0 Å². The van der Waals surface area contributed by atoms with Crippen LogP contribution in [0, 0.1) is 11.3 Å². The molecule has 0 aliphatic rings. The van der Waals surface area contributed by atoms with Crippen molar-refractivity contribution in [3.8, 4) is 11.8 Å². The number of carbonyl (C=O) groups is 1. The number of hydrogen-bond acceptors (Lipinski definition) is 6. The van der Waals surface area contributed by atoms with Gasteiger partial charge < -0.3 is 15.4 Å². The maximum atomic E-state index is 12.8. The van der Waals surface area contributed by atoms with Crippen molar-refractivity contribution >= 4 is 46.3 Å². The highest BCUT2D eigenvalue weighted by atomic mass is 35.5. The number of benzene rings is 2. The normalized spacial score (nSPS) is 11.3. The van der Waals surface area contributed by atoms with Crippen LogP contribution in [0.15, 0.2) is 76.6 Å². The van der Waals surface area contributed by atoms with Crippen molar-refractivity contribution in [2.24, 2.45) is 0 Å². The van der Waals surface area contributed by atoms with Crippen molar-refractivity contribution in [1.29, 1.82) is 5.26 Å². The summed E-state index contributed by atoms with van der Waals surface area (Å²) in [5, 5.41) is 18.8. The number of halogens is 1. The van der Waals surface area contributed by atoms with Crippen LogP contribution in [0.2, 0.25) is 5.02 Å². The lowest BCUT2D eigenvalue weighted by Crippen LogP contribution is -2.25. The van der Waals surface area contributed by atoms with Gasteiger partial charge in [0.2, 0.25) is 0 Å². The van der Waals surface area contributed by atoms with Crippen LogP contribution in [0.25, 0.3) is 0 Å². The second-order valence-corrected chi connectivity index (χ2v) is 8.74. The van der Waals surface area contributed by atoms with Crippen LogP contribution in [0.1, 0.15) is 10.4 Å². The van der Waals surface area contributed by atoms with Gasteiger partial charge in [-0.3, -0.25) is 4.79 Å². The van der Waals surface area contributed by atoms with Crippen molar-refractivity contribution < 1.29 is 9.53 Å². The van der Waals surface area contributed by atoms with Crippen molar-refractivity contribution in [1.82, 2.24) is 5.32 Å². The molecule has 0 aliphatic heterocycles. The van der Waals surface area contributed by atoms with Gasteiger partial charge in [-0.15, -0.1) is 23.1 Å². The Morgan fingerprint density at radius 2 is 2.03 bits per heavy atom. The first-order chi connectivity index (χ1) is 15.1. The Morgan fingerprint density at radius 3 is 2.74 bits per heavy atom. The molecule has 0 atom stereocenters. The summed E-state index contributed by atoms with van der Waals surface area (Å²) in [7, 11) is 1.58. The zero-order valence-corrected chi connectivity index (χ0v) is 19.1. The fourth-order valence-electron chi connectivity index (χ4n) is 2.64. The Kier molecular flexibility index (Phi) is 8.42. The lowest BCUT2D eigenvalue weighted by Gasteiger charge is -2.14. The zero-order chi connectivity index (χ0) is 22.1. The molecular formula is C23H20ClN3O2S2. The minimum Gasteiger partial charge on any atom is -0.497 e. The minimum absolute atomic E-state index is 0.0106. The first-order valence-corrected chi connectivity index (χ1v) is 11.6. The third kappa shape index (κ3) is 6.53. The molecule has 0 unspecified atom stereocenters. The van der Waals surface area contributed by atoms with Crippen LogP contribution in [-0.2, 0) is 17.1 Å². The Balaban J connectivity index is 1.86. The summed E-state index contributed by atoms with van der Waals surface area (Å²) in [5.74, 6) is 0.726. The molecule has 1 amide bonds. The number of nitriles is 1. The van der Waals surface area contributed by atoms with Gasteiger partial charge in [0.25, 0.3) is 5.91 Å². The van der Waals surface area contributed by atoms with E-state index in [0.717, 1.165) is 10.4 Å². The molecule has 31 heavy (non-hydrogen) atoms. The average Bonchev–Trinajstić information content (AvgIpc) is 3.31. The van der Waals surface area contributed by atoms with Crippen molar-refractivity contribution in [2.75, 3.05) is 12.4 Å². The monoisotopic (exact) mass is 469 g/mol. The number of amides is 1. The van der Waals surface area contributed by atoms with E-state index in [4.69, 9.17) is 16.3 Å². The topological polar surface area (TPSA) is 74.1 Å². The third-order valence-electron chi connectivity index (χ3n) is 4.23. The largest absolute Gasteiger partial charge is 0.497 e. The number of thioether (sulfide) groups is 1. The predicted molar refractivity (Wildman–Crippen MR) is 128 cm³/mol. The van der Waals surface area contributed by atoms with Crippen LogP contribution < -0.4 is 15.4 Å². The standard InChI is InChI=1S/C23H20ClN3O2S2/c1-29-18-8-4-7-17(12-18)27-23(31-15-16-6-2-3-10-21(16)24)20(13-25)22(28)26-14-19-9-5-11-30-19/h2-12,27H,14-15H2,1H3,(H,26,28). The van der Waals surface area contributed by atoms with Gasteiger partial charge in [-0.05, 0) is 35.2 Å². The smallest absolute Gasteiger partial charge is 0.264 e. The van der Waals surface area contributed by atoms with E-state index in [1.165, 1.54) is 11.8 Å². The Hall–Kier alpha value is -2.92. The van der Waals surface area contributed by atoms with E-state index in [-0.39, 0.29) is 5.57 Å². The first kappa shape index (κ1) is 22.8. The molecule has 5 nitrogen and oxygen atoms in total. The summed E-state index contributed by atoms with van der Waals surface area (Å²) < 4.78 is 5.27. The fraction of sp³-hybridized carbons (Fsp3) is 0.130. The molecule has 0 aliphatic carbocycles. The van der Waals surface area contributed by atoms with Gasteiger partial charge in [-0.25, -0.2) is 0 Å². The predicted octanol–water partition coefficient (Wildman–Crippen LogP) is 5.81. The Labute approximate surface area is 194 Å². The molecule has 2 N–H and O–H groups in total. The van der Waals surface area contributed by atoms with Crippen LogP contribution in [0.4, 0.5) is 5.69 Å². The van der Waals surface area contributed by atoms with Crippen molar-refractivity contribution in [2.45, 2.75) is 12.3 Å². The first-order valence-electron chi connectivity index (χ1n) is 9.33. The minimum atomic E-state index is -0.437.